The third-order valence-corrected chi connectivity index (χ3v) is 5.05. The van der Waals surface area contributed by atoms with Crippen molar-refractivity contribution in [2.24, 2.45) is 7.05 Å². The summed E-state index contributed by atoms with van der Waals surface area (Å²) >= 11 is 2.69. The molecule has 21 heavy (non-hydrogen) atoms. The predicted molar refractivity (Wildman–Crippen MR) is 81.9 cm³/mol. The molecule has 0 amide bonds. The van der Waals surface area contributed by atoms with Crippen molar-refractivity contribution in [1.29, 1.82) is 0 Å². The maximum atomic E-state index is 10.7. The molecule has 0 fully saturated rings. The first-order chi connectivity index (χ1) is 9.95. The highest BCUT2D eigenvalue weighted by molar-refractivity contribution is 7.15. The van der Waals surface area contributed by atoms with Crippen LogP contribution in [-0.4, -0.2) is 30.1 Å². The van der Waals surface area contributed by atoms with E-state index in [-0.39, 0.29) is 0 Å². The van der Waals surface area contributed by atoms with Gasteiger partial charge in [-0.25, -0.2) is 4.98 Å². The first kappa shape index (κ1) is 14.1. The highest BCUT2D eigenvalue weighted by Crippen LogP contribution is 2.34. The summed E-state index contributed by atoms with van der Waals surface area (Å²) in [6.07, 6.45) is 1.83. The van der Waals surface area contributed by atoms with Crippen molar-refractivity contribution < 1.29 is 5.11 Å². The highest BCUT2D eigenvalue weighted by atomic mass is 32.1. The van der Waals surface area contributed by atoms with Crippen LogP contribution < -0.4 is 5.32 Å². The van der Waals surface area contributed by atoms with Crippen LogP contribution in [0.3, 0.4) is 0 Å². The van der Waals surface area contributed by atoms with Crippen LogP contribution in [0.2, 0.25) is 0 Å². The van der Waals surface area contributed by atoms with Crippen LogP contribution in [0, 0.1) is 6.92 Å². The fourth-order valence-electron chi connectivity index (χ4n) is 1.73. The first-order valence-corrected chi connectivity index (χ1v) is 7.90. The molecule has 0 aliphatic heterocycles. The van der Waals surface area contributed by atoms with E-state index in [0.717, 1.165) is 5.69 Å². The molecule has 1 unspecified atom stereocenters. The van der Waals surface area contributed by atoms with E-state index in [9.17, 15) is 5.11 Å². The maximum absolute atomic E-state index is 10.7. The molecule has 1 atom stereocenters. The van der Waals surface area contributed by atoms with E-state index in [1.165, 1.54) is 22.7 Å². The van der Waals surface area contributed by atoms with E-state index in [1.807, 2.05) is 31.6 Å². The molecular weight excluding hydrogens is 308 g/mol. The molecule has 7 nitrogen and oxygen atoms in total. The number of nitrogens with one attached hydrogen (secondary N) is 1. The van der Waals surface area contributed by atoms with Crippen LogP contribution in [-0.2, 0) is 12.6 Å². The molecule has 0 aliphatic rings. The number of aromatic nitrogens is 5. The van der Waals surface area contributed by atoms with Gasteiger partial charge in [-0.05, 0) is 13.8 Å². The molecule has 3 aromatic heterocycles. The average Bonchev–Trinajstić information content (AvgIpc) is 3.12. The van der Waals surface area contributed by atoms with Crippen LogP contribution in [0.4, 0.5) is 10.9 Å². The third-order valence-electron chi connectivity index (χ3n) is 2.83. The van der Waals surface area contributed by atoms with Crippen LogP contribution in [0.5, 0.6) is 0 Å². The van der Waals surface area contributed by atoms with Gasteiger partial charge in [0.05, 0.1) is 0 Å². The average molecular weight is 322 g/mol. The number of aryl methyl sites for hydroxylation is 2. The van der Waals surface area contributed by atoms with Crippen molar-refractivity contribution in [3.63, 3.8) is 0 Å². The normalized spacial score (nSPS) is 14.1. The standard InChI is InChI=1S/C12H14N6OS2/c1-7-6-20-9(13-7)12(2,19)10-15-16-11(21-10)14-8-4-5-18(3)17-8/h4-6,19H,1-3H3,(H,14,16,17). The quantitative estimate of drug-likeness (QED) is 0.764. The fraction of sp³-hybridized carbons (Fsp3) is 0.333. The van der Waals surface area contributed by atoms with Crippen LogP contribution in [0.15, 0.2) is 17.6 Å². The van der Waals surface area contributed by atoms with Gasteiger partial charge in [0.2, 0.25) is 5.13 Å². The van der Waals surface area contributed by atoms with Gasteiger partial charge < -0.3 is 10.4 Å². The van der Waals surface area contributed by atoms with Gasteiger partial charge >= 0.3 is 0 Å². The van der Waals surface area contributed by atoms with Crippen molar-refractivity contribution >= 4 is 33.6 Å². The van der Waals surface area contributed by atoms with Crippen molar-refractivity contribution in [3.05, 3.63) is 33.4 Å². The predicted octanol–water partition coefficient (Wildman–Crippen LogP) is 2.04. The topological polar surface area (TPSA) is 88.8 Å². The van der Waals surface area contributed by atoms with E-state index in [1.54, 1.807) is 11.6 Å². The molecular formula is C12H14N6OS2. The Morgan fingerprint density at radius 3 is 2.76 bits per heavy atom. The lowest BCUT2D eigenvalue weighted by Crippen LogP contribution is -2.22. The lowest BCUT2D eigenvalue weighted by Gasteiger charge is -2.16. The smallest absolute Gasteiger partial charge is 0.211 e. The maximum Gasteiger partial charge on any atom is 0.211 e. The zero-order valence-electron chi connectivity index (χ0n) is 11.7. The number of thiazole rings is 1. The molecule has 2 N–H and O–H groups in total. The summed E-state index contributed by atoms with van der Waals surface area (Å²) in [6, 6.07) is 1.84. The lowest BCUT2D eigenvalue weighted by atomic mass is 10.1. The summed E-state index contributed by atoms with van der Waals surface area (Å²) in [6.45, 7) is 3.57. The SMILES string of the molecule is Cc1csc(C(C)(O)c2nnc(Nc3ccn(C)n3)s2)n1. The molecule has 110 valence electrons. The highest BCUT2D eigenvalue weighted by Gasteiger charge is 2.33. The van der Waals surface area contributed by atoms with Crippen LogP contribution >= 0.6 is 22.7 Å². The second-order valence-corrected chi connectivity index (χ2v) is 6.61. The van der Waals surface area contributed by atoms with Gasteiger partial charge in [0, 0.05) is 30.4 Å². The summed E-state index contributed by atoms with van der Waals surface area (Å²) in [7, 11) is 1.84. The van der Waals surface area contributed by atoms with Gasteiger partial charge in [-0.2, -0.15) is 5.10 Å². The van der Waals surface area contributed by atoms with E-state index in [4.69, 9.17) is 0 Å². The molecule has 9 heteroatoms. The van der Waals surface area contributed by atoms with E-state index < -0.39 is 5.60 Å². The Morgan fingerprint density at radius 2 is 2.14 bits per heavy atom. The second-order valence-electron chi connectivity index (χ2n) is 4.78. The summed E-state index contributed by atoms with van der Waals surface area (Å²) < 4.78 is 1.69. The van der Waals surface area contributed by atoms with Gasteiger partial charge in [0.1, 0.15) is 5.01 Å². The van der Waals surface area contributed by atoms with Crippen molar-refractivity contribution in [2.75, 3.05) is 5.32 Å². The van der Waals surface area contributed by atoms with Gasteiger partial charge in [-0.1, -0.05) is 11.3 Å². The molecule has 0 aliphatic carbocycles. The van der Waals surface area contributed by atoms with Gasteiger partial charge in [-0.3, -0.25) is 4.68 Å². The molecule has 3 rings (SSSR count). The van der Waals surface area contributed by atoms with E-state index in [2.05, 4.69) is 25.6 Å². The molecule has 3 heterocycles. The monoisotopic (exact) mass is 322 g/mol. The summed E-state index contributed by atoms with van der Waals surface area (Å²) in [5, 5.41) is 29.6. The lowest BCUT2D eigenvalue weighted by molar-refractivity contribution is 0.101. The first-order valence-electron chi connectivity index (χ1n) is 6.21. The number of rotatable bonds is 4. The minimum atomic E-state index is -1.24. The number of aliphatic hydroxyl groups is 1. The van der Waals surface area contributed by atoms with Gasteiger partial charge in [0.25, 0.3) is 0 Å². The molecule has 0 bridgehead atoms. The summed E-state index contributed by atoms with van der Waals surface area (Å²) in [5.74, 6) is 0.685. The Morgan fingerprint density at radius 1 is 1.33 bits per heavy atom. The van der Waals surface area contributed by atoms with Crippen molar-refractivity contribution in [3.8, 4) is 0 Å². The Hall–Kier alpha value is -1.84. The molecule has 0 saturated heterocycles. The fourth-order valence-corrected chi connectivity index (χ4v) is 3.45. The van der Waals surface area contributed by atoms with Crippen molar-refractivity contribution in [2.45, 2.75) is 19.4 Å². The minimum Gasteiger partial charge on any atom is -0.376 e. The molecule has 3 aromatic rings. The second kappa shape index (κ2) is 5.17. The third kappa shape index (κ3) is 2.80. The zero-order chi connectivity index (χ0) is 15.0. The van der Waals surface area contributed by atoms with Gasteiger partial charge in [-0.15, -0.1) is 21.5 Å². The Balaban J connectivity index is 1.84. The molecule has 0 radical (unpaired) electrons. The Kier molecular flexibility index (Phi) is 3.47. The zero-order valence-corrected chi connectivity index (χ0v) is 13.4. The largest absolute Gasteiger partial charge is 0.376 e. The molecule has 0 saturated carbocycles. The number of hydrogen-bond donors (Lipinski definition) is 2. The Bertz CT molecular complexity index is 759. The Labute approximate surface area is 129 Å². The summed E-state index contributed by atoms with van der Waals surface area (Å²) in [5.41, 5.74) is -0.354. The number of hydrogen-bond acceptors (Lipinski definition) is 8. The van der Waals surface area contributed by atoms with Crippen LogP contribution in [0.25, 0.3) is 0 Å². The van der Waals surface area contributed by atoms with E-state index >= 15 is 0 Å². The van der Waals surface area contributed by atoms with Gasteiger partial charge in [0.15, 0.2) is 16.4 Å². The van der Waals surface area contributed by atoms with E-state index in [0.29, 0.717) is 21.0 Å². The number of nitrogens with zero attached hydrogens (tertiary/aromatic N) is 5. The van der Waals surface area contributed by atoms with Crippen molar-refractivity contribution in [1.82, 2.24) is 25.0 Å². The minimum absolute atomic E-state index is 0.496. The summed E-state index contributed by atoms with van der Waals surface area (Å²) in [4.78, 5) is 4.33. The molecule has 0 aromatic carbocycles. The van der Waals surface area contributed by atoms with Crippen LogP contribution in [0.1, 0.15) is 22.6 Å². The number of anilines is 2. The molecule has 0 spiro atoms.